The molecule has 0 fully saturated rings. The molecule has 8 rings (SSSR count). The lowest BCUT2D eigenvalue weighted by molar-refractivity contribution is 0.0697. The van der Waals surface area contributed by atoms with E-state index in [0.717, 1.165) is 12.1 Å². The summed E-state index contributed by atoms with van der Waals surface area (Å²) in [7, 11) is 0. The van der Waals surface area contributed by atoms with E-state index in [-0.39, 0.29) is 101 Å². The number of aromatic nitrogens is 3. The molecule has 6 aromatic rings. The molecular formula is C50H42F2N8O8S. The van der Waals surface area contributed by atoms with E-state index in [0.29, 0.717) is 51.2 Å². The average molecular weight is 953 g/mol. The van der Waals surface area contributed by atoms with Gasteiger partial charge in [-0.15, -0.1) is 0 Å². The Bertz CT molecular complexity index is 3210. The van der Waals surface area contributed by atoms with E-state index in [2.05, 4.69) is 36.2 Å². The molecule has 2 aliphatic rings. The van der Waals surface area contributed by atoms with Crippen LogP contribution < -0.4 is 36.2 Å². The third kappa shape index (κ3) is 11.2. The van der Waals surface area contributed by atoms with Gasteiger partial charge in [-0.2, -0.15) is 0 Å². The van der Waals surface area contributed by atoms with Crippen LogP contribution in [0.2, 0.25) is 0 Å². The lowest BCUT2D eigenvalue weighted by Gasteiger charge is -2.18. The molecule has 0 atom stereocenters. The van der Waals surface area contributed by atoms with Crippen molar-refractivity contribution in [1.82, 2.24) is 20.3 Å². The fourth-order valence-corrected chi connectivity index (χ4v) is 7.53. The molecule has 0 bridgehead atoms. The minimum atomic E-state index is -1.20. The van der Waals surface area contributed by atoms with Gasteiger partial charge in [0.15, 0.2) is 27.9 Å². The van der Waals surface area contributed by atoms with Gasteiger partial charge in [0.2, 0.25) is 0 Å². The number of hydrogen-bond donors (Lipinski definition) is 7. The highest BCUT2D eigenvalue weighted by molar-refractivity contribution is 7.80. The number of halogens is 2. The first-order valence-corrected chi connectivity index (χ1v) is 21.8. The summed E-state index contributed by atoms with van der Waals surface area (Å²) in [5.41, 5.74) is 2.98. The maximum absolute atomic E-state index is 14.8. The molecule has 4 aromatic carbocycles. The molecule has 0 unspecified atom stereocenters. The van der Waals surface area contributed by atoms with Crippen molar-refractivity contribution in [3.05, 3.63) is 166 Å². The van der Waals surface area contributed by atoms with E-state index in [4.69, 9.17) is 36.3 Å². The second kappa shape index (κ2) is 21.4. The Morgan fingerprint density at radius 1 is 0.870 bits per heavy atom. The number of benzene rings is 5. The summed E-state index contributed by atoms with van der Waals surface area (Å²) in [5, 5.41) is 42.5. The van der Waals surface area contributed by atoms with Gasteiger partial charge >= 0.3 is 5.97 Å². The van der Waals surface area contributed by atoms with E-state index in [1.54, 1.807) is 80.0 Å². The molecular weight excluding hydrogens is 911 g/mol. The summed E-state index contributed by atoms with van der Waals surface area (Å²) in [6.45, 7) is 2.57. The van der Waals surface area contributed by atoms with Crippen molar-refractivity contribution < 1.29 is 42.4 Å². The van der Waals surface area contributed by atoms with Crippen molar-refractivity contribution in [1.29, 1.82) is 5.41 Å². The number of ether oxygens (including phenoxy) is 3. The SMILES string of the molecule is CCOc1cc(F)c(CNc2ccccc2C(=N)c2ncc(OCCOCCNC(=S)Nc3ccc(-c4c5ccc(=O)cc-5oc5cc(O)ccc45)c(C(=O)O)c3)c(Nc3ccncc3)n2)c(F)c1. The van der Waals surface area contributed by atoms with E-state index in [1.165, 1.54) is 36.5 Å². The monoisotopic (exact) mass is 952 g/mol. The van der Waals surface area contributed by atoms with Gasteiger partial charge in [0.05, 0.1) is 31.6 Å². The maximum Gasteiger partial charge on any atom is 0.336 e. The normalized spacial score (nSPS) is 11.0. The van der Waals surface area contributed by atoms with Crippen molar-refractivity contribution in [2.75, 3.05) is 48.9 Å². The minimum absolute atomic E-state index is 0.0381. The van der Waals surface area contributed by atoms with Gasteiger partial charge in [0.25, 0.3) is 0 Å². The summed E-state index contributed by atoms with van der Waals surface area (Å²) in [5.74, 6) is -1.87. The molecule has 0 saturated heterocycles. The number of nitrogens with zero attached hydrogens (tertiary/aromatic N) is 3. The number of thiocarbonyl (C=S) groups is 1. The van der Waals surface area contributed by atoms with Crippen LogP contribution in [0.5, 0.6) is 17.2 Å². The molecule has 1 aliphatic carbocycles. The van der Waals surface area contributed by atoms with Gasteiger partial charge in [-0.1, -0.05) is 24.3 Å². The molecule has 0 radical (unpaired) electrons. The first kappa shape index (κ1) is 47.0. The van der Waals surface area contributed by atoms with Crippen molar-refractivity contribution in [2.24, 2.45) is 0 Å². The number of aromatic carboxylic acids is 1. The zero-order valence-electron chi connectivity index (χ0n) is 36.6. The summed E-state index contributed by atoms with van der Waals surface area (Å²) in [4.78, 5) is 37.9. The predicted octanol–water partition coefficient (Wildman–Crippen LogP) is 8.98. The van der Waals surface area contributed by atoms with Crippen LogP contribution in [0.3, 0.4) is 0 Å². The quantitative estimate of drug-likeness (QED) is 0.0174. The van der Waals surface area contributed by atoms with E-state index in [1.807, 2.05) is 0 Å². The molecule has 16 nitrogen and oxygen atoms in total. The van der Waals surface area contributed by atoms with Crippen LogP contribution in [0.4, 0.5) is 31.7 Å². The Labute approximate surface area is 397 Å². The minimum Gasteiger partial charge on any atom is -0.508 e. The zero-order valence-corrected chi connectivity index (χ0v) is 37.5. The van der Waals surface area contributed by atoms with Crippen LogP contribution in [0.15, 0.2) is 131 Å². The molecule has 19 heteroatoms. The number of aromatic hydroxyl groups is 1. The van der Waals surface area contributed by atoms with Gasteiger partial charge in [-0.05, 0) is 79.3 Å². The van der Waals surface area contributed by atoms with Crippen molar-refractivity contribution in [2.45, 2.75) is 13.5 Å². The third-order valence-electron chi connectivity index (χ3n) is 10.5. The second-order valence-electron chi connectivity index (χ2n) is 15.1. The Morgan fingerprint density at radius 2 is 1.65 bits per heavy atom. The smallest absolute Gasteiger partial charge is 0.336 e. The molecule has 7 N–H and O–H groups in total. The number of carboxylic acid groups (broad SMARTS) is 1. The van der Waals surface area contributed by atoms with Crippen LogP contribution in [0.25, 0.3) is 33.4 Å². The zero-order chi connectivity index (χ0) is 48.4. The van der Waals surface area contributed by atoms with E-state index in [9.17, 15) is 28.6 Å². The molecule has 0 spiro atoms. The Hall–Kier alpha value is -8.55. The Kier molecular flexibility index (Phi) is 14.6. The molecule has 69 heavy (non-hydrogen) atoms. The summed E-state index contributed by atoms with van der Waals surface area (Å²) in [6.07, 6.45) is 4.64. The van der Waals surface area contributed by atoms with E-state index < -0.39 is 17.6 Å². The van der Waals surface area contributed by atoms with Crippen molar-refractivity contribution >= 4 is 62.9 Å². The largest absolute Gasteiger partial charge is 0.508 e. The number of hydrogen-bond acceptors (Lipinski definition) is 14. The number of para-hydroxylation sites is 1. The fraction of sp³-hybridized carbons (Fsp3) is 0.140. The van der Waals surface area contributed by atoms with Crippen LogP contribution in [-0.2, 0) is 11.3 Å². The van der Waals surface area contributed by atoms with Gasteiger partial charge in [0, 0.05) is 94.5 Å². The number of pyridine rings is 1. The number of rotatable bonds is 19. The lowest BCUT2D eigenvalue weighted by Crippen LogP contribution is -2.31. The predicted molar refractivity (Wildman–Crippen MR) is 260 cm³/mol. The van der Waals surface area contributed by atoms with Crippen molar-refractivity contribution in [3.8, 4) is 39.7 Å². The number of carbonyl (C=O) groups is 1. The number of anilines is 4. The highest BCUT2D eigenvalue weighted by Gasteiger charge is 2.23. The number of phenols is 1. The molecule has 0 amide bonds. The number of carboxylic acids is 1. The van der Waals surface area contributed by atoms with Gasteiger partial charge in [-0.25, -0.2) is 23.5 Å². The number of nitrogens with one attached hydrogen (secondary N) is 5. The molecule has 2 aromatic heterocycles. The molecule has 0 saturated carbocycles. The van der Waals surface area contributed by atoms with Gasteiger partial charge < -0.3 is 50.1 Å². The molecule has 350 valence electrons. The number of phenolic OH excluding ortho intramolecular Hbond substituents is 1. The standard InChI is InChI=1S/C50H42F2N8O8S/c1-2-66-32-24-39(51)38(40(52)25-32)26-56-41-6-4-3-5-34(41)46(53)48-57-27-44(47(60-48)58-28-13-15-54-16-14-28)67-20-19-65-18-17-55-50(69)59-29-7-10-33(37(21-29)49(63)64)45-35-11-8-30(61)22-42(35)68-43-23-31(62)9-12-36(43)45/h3-16,21-25,27,53,56,61H,2,17-20,26H2,1H3,(H,63,64)(H2,55,59,69)(H,54,57,58,60). The second-order valence-corrected chi connectivity index (χ2v) is 15.5. The summed E-state index contributed by atoms with van der Waals surface area (Å²) in [6, 6.07) is 26.1. The Morgan fingerprint density at radius 3 is 2.43 bits per heavy atom. The maximum atomic E-state index is 14.8. The first-order chi connectivity index (χ1) is 33.4. The van der Waals surface area contributed by atoms with Crippen LogP contribution in [0, 0.1) is 17.0 Å². The summed E-state index contributed by atoms with van der Waals surface area (Å²) >= 11 is 5.49. The third-order valence-corrected chi connectivity index (χ3v) is 10.7. The topological polar surface area (TPSA) is 226 Å². The van der Waals surface area contributed by atoms with Crippen LogP contribution >= 0.6 is 12.2 Å². The van der Waals surface area contributed by atoms with Crippen molar-refractivity contribution in [3.63, 3.8) is 0 Å². The fourth-order valence-electron chi connectivity index (χ4n) is 7.31. The number of fused-ring (bicyclic) bond motifs is 2. The molecule has 1 aliphatic heterocycles. The first-order valence-electron chi connectivity index (χ1n) is 21.4. The Balaban J connectivity index is 0.872. The van der Waals surface area contributed by atoms with Crippen LogP contribution in [-0.4, -0.2) is 74.9 Å². The highest BCUT2D eigenvalue weighted by Crippen LogP contribution is 2.42. The summed E-state index contributed by atoms with van der Waals surface area (Å²) < 4.78 is 52.6. The van der Waals surface area contributed by atoms with E-state index >= 15 is 0 Å². The molecule has 3 heterocycles. The lowest BCUT2D eigenvalue weighted by atomic mass is 9.90. The average Bonchev–Trinajstić information content (AvgIpc) is 3.33. The highest BCUT2D eigenvalue weighted by atomic mass is 32.1. The van der Waals surface area contributed by atoms with Gasteiger partial charge in [0.1, 0.15) is 46.8 Å². The van der Waals surface area contributed by atoms with Crippen LogP contribution in [0.1, 0.15) is 34.2 Å². The van der Waals surface area contributed by atoms with Gasteiger partial charge in [-0.3, -0.25) is 15.2 Å².